The van der Waals surface area contributed by atoms with Crippen molar-refractivity contribution < 1.29 is 13.9 Å². The highest BCUT2D eigenvalue weighted by atomic mass is 32.2. The van der Waals surface area contributed by atoms with Gasteiger partial charge in [-0.25, -0.2) is 9.18 Å². The molecule has 3 heterocycles. The van der Waals surface area contributed by atoms with Crippen molar-refractivity contribution in [2.24, 2.45) is 0 Å². The lowest BCUT2D eigenvalue weighted by atomic mass is 9.97. The second-order valence-corrected chi connectivity index (χ2v) is 11.4. The minimum absolute atomic E-state index is 0.0937. The predicted octanol–water partition coefficient (Wildman–Crippen LogP) is 5.04. The van der Waals surface area contributed by atoms with E-state index in [1.54, 1.807) is 33.4 Å². The molecular weight excluding hydrogens is 539 g/mol. The fourth-order valence-corrected chi connectivity index (χ4v) is 6.97. The molecule has 0 aliphatic carbocycles. The highest BCUT2D eigenvalue weighted by Crippen LogP contribution is 2.43. The van der Waals surface area contributed by atoms with Crippen LogP contribution in [0.3, 0.4) is 0 Å². The molecule has 6 rings (SSSR count). The Labute approximate surface area is 242 Å². The van der Waals surface area contributed by atoms with Gasteiger partial charge in [0.1, 0.15) is 11.6 Å². The van der Waals surface area contributed by atoms with Gasteiger partial charge >= 0.3 is 5.69 Å². The second kappa shape index (κ2) is 11.5. The number of amides is 1. The van der Waals surface area contributed by atoms with E-state index in [0.717, 1.165) is 38.1 Å². The molecular formula is C32H31FN4O3S. The van der Waals surface area contributed by atoms with Crippen LogP contribution in [0, 0.1) is 12.7 Å². The maximum absolute atomic E-state index is 13.9. The Morgan fingerprint density at radius 1 is 1.12 bits per heavy atom. The van der Waals surface area contributed by atoms with E-state index in [1.165, 1.54) is 18.2 Å². The summed E-state index contributed by atoms with van der Waals surface area (Å²) >= 11 is 1.67. The number of rotatable bonds is 6. The van der Waals surface area contributed by atoms with Gasteiger partial charge in [-0.1, -0.05) is 49.0 Å². The summed E-state index contributed by atoms with van der Waals surface area (Å²) in [7, 11) is 0. The van der Waals surface area contributed by atoms with Crippen LogP contribution in [0.4, 0.5) is 10.2 Å². The van der Waals surface area contributed by atoms with E-state index in [9.17, 15) is 14.0 Å². The van der Waals surface area contributed by atoms with E-state index in [0.29, 0.717) is 50.9 Å². The van der Waals surface area contributed by atoms with Crippen molar-refractivity contribution in [2.75, 3.05) is 36.8 Å². The Balaban J connectivity index is 1.45. The molecule has 0 saturated carbocycles. The third kappa shape index (κ3) is 5.39. The molecule has 2 aliphatic rings. The first-order valence-electron chi connectivity index (χ1n) is 13.7. The molecule has 1 fully saturated rings. The maximum atomic E-state index is 13.9. The van der Waals surface area contributed by atoms with Gasteiger partial charge in [0.05, 0.1) is 24.8 Å². The maximum Gasteiger partial charge on any atom is 0.350 e. The summed E-state index contributed by atoms with van der Waals surface area (Å²) in [6.45, 7) is 8.66. The summed E-state index contributed by atoms with van der Waals surface area (Å²) < 4.78 is 21.9. The van der Waals surface area contributed by atoms with Gasteiger partial charge in [-0.2, -0.15) is 4.98 Å². The highest BCUT2D eigenvalue weighted by Gasteiger charge is 2.29. The standard InChI is InChI=1S/C32H31FN4O3S/c1-3-27(38)35-13-15-36(16-14-35)31-26-17-21(2)28(23-9-11-24(33)12-10-23)30-29(26)37(32(39)34-31)18-25(20-41-30)40-19-22-7-5-4-6-8-22/h3-12,17,25H,1,13-16,18-20H2,2H3/t25-/m1/s1. The molecule has 1 saturated heterocycles. The fraction of sp³-hybridized carbons (Fsp3) is 0.281. The number of carbonyl (C=O) groups is 1. The second-order valence-electron chi connectivity index (χ2n) is 10.4. The number of carbonyl (C=O) groups excluding carboxylic acids is 1. The van der Waals surface area contributed by atoms with E-state index < -0.39 is 0 Å². The third-order valence-corrected chi connectivity index (χ3v) is 8.95. The van der Waals surface area contributed by atoms with Crippen LogP contribution in [0.25, 0.3) is 22.0 Å². The van der Waals surface area contributed by atoms with Crippen molar-refractivity contribution in [3.05, 3.63) is 101 Å². The Morgan fingerprint density at radius 2 is 1.85 bits per heavy atom. The van der Waals surface area contributed by atoms with Crippen molar-refractivity contribution in [2.45, 2.75) is 31.1 Å². The minimum atomic E-state index is -0.330. The molecule has 0 N–H and O–H groups in total. The summed E-state index contributed by atoms with van der Waals surface area (Å²) in [5.41, 5.74) is 4.46. The van der Waals surface area contributed by atoms with Gasteiger partial charge in [-0.3, -0.25) is 9.36 Å². The average molecular weight is 571 g/mol. The first-order chi connectivity index (χ1) is 19.9. The Hall–Kier alpha value is -3.95. The molecule has 210 valence electrons. The zero-order chi connectivity index (χ0) is 28.5. The molecule has 0 bridgehead atoms. The van der Waals surface area contributed by atoms with Crippen LogP contribution in [0.1, 0.15) is 11.1 Å². The SMILES string of the molecule is C=CC(=O)N1CCN(c2nc(=O)n3c4c(c(-c5ccc(F)cc5)c(C)cc24)SC[C@H](OCc2ccccc2)C3)CC1. The van der Waals surface area contributed by atoms with E-state index in [-0.39, 0.29) is 23.5 Å². The van der Waals surface area contributed by atoms with Crippen LogP contribution in [-0.2, 0) is 22.7 Å². The number of piperazine rings is 1. The van der Waals surface area contributed by atoms with E-state index in [4.69, 9.17) is 4.74 Å². The lowest BCUT2D eigenvalue weighted by Gasteiger charge is -2.35. The Morgan fingerprint density at radius 3 is 2.56 bits per heavy atom. The molecule has 7 nitrogen and oxygen atoms in total. The molecule has 1 aromatic heterocycles. The molecule has 0 radical (unpaired) electrons. The third-order valence-electron chi connectivity index (χ3n) is 7.72. The van der Waals surface area contributed by atoms with Crippen LogP contribution in [0.2, 0.25) is 0 Å². The molecule has 4 aromatic rings. The summed E-state index contributed by atoms with van der Waals surface area (Å²) in [5, 5.41) is 0.891. The molecule has 9 heteroatoms. The Kier molecular flexibility index (Phi) is 7.64. The van der Waals surface area contributed by atoms with Crippen molar-refractivity contribution >= 4 is 34.4 Å². The number of halogens is 1. The smallest absolute Gasteiger partial charge is 0.350 e. The summed E-state index contributed by atoms with van der Waals surface area (Å²) in [4.78, 5) is 35.3. The zero-order valence-corrected chi connectivity index (χ0v) is 23.7. The Bertz CT molecular complexity index is 1670. The van der Waals surface area contributed by atoms with Gasteiger partial charge < -0.3 is 14.5 Å². The highest BCUT2D eigenvalue weighted by molar-refractivity contribution is 7.99. The lowest BCUT2D eigenvalue weighted by molar-refractivity contribution is -0.126. The van der Waals surface area contributed by atoms with Crippen molar-refractivity contribution in [3.8, 4) is 11.1 Å². The number of benzene rings is 3. The number of aryl methyl sites for hydroxylation is 1. The molecule has 3 aromatic carbocycles. The van der Waals surface area contributed by atoms with E-state index in [1.807, 2.05) is 37.3 Å². The average Bonchev–Trinajstić information content (AvgIpc) is 3.19. The van der Waals surface area contributed by atoms with Crippen LogP contribution < -0.4 is 10.6 Å². The van der Waals surface area contributed by atoms with Gasteiger partial charge in [0, 0.05) is 47.8 Å². The summed E-state index contributed by atoms with van der Waals surface area (Å²) in [6, 6.07) is 18.6. The lowest BCUT2D eigenvalue weighted by Crippen LogP contribution is -2.49. The first-order valence-corrected chi connectivity index (χ1v) is 14.7. The molecule has 1 amide bonds. The van der Waals surface area contributed by atoms with E-state index >= 15 is 0 Å². The summed E-state index contributed by atoms with van der Waals surface area (Å²) in [6.07, 6.45) is 1.12. The quantitative estimate of drug-likeness (QED) is 0.303. The van der Waals surface area contributed by atoms with Crippen LogP contribution >= 0.6 is 11.8 Å². The molecule has 0 unspecified atom stereocenters. The molecule has 1 atom stereocenters. The number of ether oxygens (including phenoxy) is 1. The number of hydrogen-bond acceptors (Lipinski definition) is 6. The molecule has 0 spiro atoms. The number of aromatic nitrogens is 2. The monoisotopic (exact) mass is 570 g/mol. The first kappa shape index (κ1) is 27.2. The van der Waals surface area contributed by atoms with E-state index in [2.05, 4.69) is 22.5 Å². The van der Waals surface area contributed by atoms with Crippen molar-refractivity contribution in [1.82, 2.24) is 14.5 Å². The normalized spacial score (nSPS) is 17.0. The molecule has 2 aliphatic heterocycles. The fourth-order valence-electron chi connectivity index (χ4n) is 5.64. The molecule has 41 heavy (non-hydrogen) atoms. The van der Waals surface area contributed by atoms with Crippen molar-refractivity contribution in [1.29, 1.82) is 0 Å². The number of hydrogen-bond donors (Lipinski definition) is 0. The van der Waals surface area contributed by atoms with Gasteiger partial charge in [-0.05, 0) is 47.9 Å². The number of nitrogens with zero attached hydrogens (tertiary/aromatic N) is 4. The van der Waals surface area contributed by atoms with Gasteiger partial charge in [0.25, 0.3) is 0 Å². The summed E-state index contributed by atoms with van der Waals surface area (Å²) in [5.74, 6) is 0.894. The topological polar surface area (TPSA) is 67.7 Å². The van der Waals surface area contributed by atoms with Crippen LogP contribution in [-0.4, -0.2) is 58.4 Å². The zero-order valence-electron chi connectivity index (χ0n) is 22.9. The van der Waals surface area contributed by atoms with Gasteiger partial charge in [-0.15, -0.1) is 11.8 Å². The van der Waals surface area contributed by atoms with Crippen molar-refractivity contribution in [3.63, 3.8) is 0 Å². The van der Waals surface area contributed by atoms with Crippen LogP contribution in [0.5, 0.6) is 0 Å². The van der Waals surface area contributed by atoms with Gasteiger partial charge in [0.2, 0.25) is 5.91 Å². The largest absolute Gasteiger partial charge is 0.371 e. The van der Waals surface area contributed by atoms with Gasteiger partial charge in [0.15, 0.2) is 0 Å². The number of thioether (sulfide) groups is 1. The number of anilines is 1. The minimum Gasteiger partial charge on any atom is -0.371 e. The van der Waals surface area contributed by atoms with Crippen LogP contribution in [0.15, 0.2) is 83.0 Å². The predicted molar refractivity (Wildman–Crippen MR) is 161 cm³/mol.